The minimum absolute atomic E-state index is 0.882. The predicted molar refractivity (Wildman–Crippen MR) is 32.4 cm³/mol. The molecule has 0 bridgehead atoms. The van der Waals surface area contributed by atoms with Crippen molar-refractivity contribution in [3.8, 4) is 0 Å². The molecule has 7 heteroatoms. The van der Waals surface area contributed by atoms with Crippen LogP contribution in [0.3, 0.4) is 0 Å². The van der Waals surface area contributed by atoms with Gasteiger partial charge in [0.25, 0.3) is 0 Å². The van der Waals surface area contributed by atoms with Crippen LogP contribution in [0.4, 0.5) is 13.2 Å². The lowest BCUT2D eigenvalue weighted by molar-refractivity contribution is -0.130. The zero-order valence-electron chi connectivity index (χ0n) is 5.76. The topological polar surface area (TPSA) is 46.5 Å². The zero-order chi connectivity index (χ0) is 9.12. The molecule has 0 aromatic heterocycles. The van der Waals surface area contributed by atoms with Gasteiger partial charge in [-0.1, -0.05) is 0 Å². The van der Waals surface area contributed by atoms with Crippen LogP contribution in [0.5, 0.6) is 0 Å². The number of hydrogen-bond donors (Lipinski definition) is 1. The van der Waals surface area contributed by atoms with E-state index in [1.165, 1.54) is 0 Å². The van der Waals surface area contributed by atoms with Crippen LogP contribution in [0.1, 0.15) is 6.42 Å². The molecule has 0 rings (SSSR count). The van der Waals surface area contributed by atoms with E-state index >= 15 is 0 Å². The van der Waals surface area contributed by atoms with Crippen molar-refractivity contribution >= 4 is 7.60 Å². The normalized spacial score (nSPS) is 17.9. The maximum absolute atomic E-state index is 11.4. The highest BCUT2D eigenvalue weighted by Gasteiger charge is 2.31. The first-order chi connectivity index (χ1) is 4.77. The van der Waals surface area contributed by atoms with E-state index in [-0.39, 0.29) is 0 Å². The van der Waals surface area contributed by atoms with Gasteiger partial charge in [-0.2, -0.15) is 13.2 Å². The van der Waals surface area contributed by atoms with Gasteiger partial charge in [0.05, 0.1) is 12.6 Å². The van der Waals surface area contributed by atoms with Gasteiger partial charge < -0.3 is 9.42 Å². The Morgan fingerprint density at radius 2 is 2.00 bits per heavy atom. The molecule has 0 radical (unpaired) electrons. The van der Waals surface area contributed by atoms with E-state index in [0.717, 1.165) is 7.11 Å². The lowest BCUT2D eigenvalue weighted by Crippen LogP contribution is -2.10. The monoisotopic (exact) mass is 192 g/mol. The van der Waals surface area contributed by atoms with E-state index in [1.54, 1.807) is 0 Å². The fraction of sp³-hybridized carbons (Fsp3) is 1.00. The van der Waals surface area contributed by atoms with Gasteiger partial charge in [-0.3, -0.25) is 4.57 Å². The predicted octanol–water partition coefficient (Wildman–Crippen LogP) is 1.77. The number of hydrogen-bond acceptors (Lipinski definition) is 2. The minimum Gasteiger partial charge on any atom is -0.324 e. The van der Waals surface area contributed by atoms with Crippen molar-refractivity contribution in [2.45, 2.75) is 12.6 Å². The first-order valence-corrected chi connectivity index (χ1v) is 4.47. The van der Waals surface area contributed by atoms with Gasteiger partial charge >= 0.3 is 13.8 Å². The summed E-state index contributed by atoms with van der Waals surface area (Å²) in [6.45, 7) is 0. The summed E-state index contributed by atoms with van der Waals surface area (Å²) in [5.74, 6) is 0. The highest BCUT2D eigenvalue weighted by Crippen LogP contribution is 2.43. The molecule has 1 unspecified atom stereocenters. The lowest BCUT2D eigenvalue weighted by Gasteiger charge is -2.09. The third-order valence-corrected chi connectivity index (χ3v) is 2.32. The first-order valence-electron chi connectivity index (χ1n) is 2.71. The third-order valence-electron chi connectivity index (χ3n) is 0.963. The van der Waals surface area contributed by atoms with Crippen LogP contribution < -0.4 is 0 Å². The summed E-state index contributed by atoms with van der Waals surface area (Å²) >= 11 is 0. The van der Waals surface area contributed by atoms with Gasteiger partial charge in [0.15, 0.2) is 0 Å². The first kappa shape index (κ1) is 10.9. The lowest BCUT2D eigenvalue weighted by atomic mass is 10.5. The molecule has 1 atom stereocenters. The van der Waals surface area contributed by atoms with Gasteiger partial charge in [-0.05, 0) is 0 Å². The van der Waals surface area contributed by atoms with Crippen molar-refractivity contribution in [1.82, 2.24) is 0 Å². The summed E-state index contributed by atoms with van der Waals surface area (Å²) < 4.78 is 48.7. The molecule has 0 aliphatic carbocycles. The van der Waals surface area contributed by atoms with Crippen LogP contribution in [0.2, 0.25) is 0 Å². The van der Waals surface area contributed by atoms with Crippen LogP contribution in [-0.4, -0.2) is 24.3 Å². The molecule has 0 saturated heterocycles. The second kappa shape index (κ2) is 3.56. The molecule has 3 nitrogen and oxygen atoms in total. The van der Waals surface area contributed by atoms with Gasteiger partial charge in [0.2, 0.25) is 0 Å². The molecule has 1 N–H and O–H groups in total. The smallest absolute Gasteiger partial charge is 0.324 e. The average Bonchev–Trinajstić information content (AvgIpc) is 1.83. The van der Waals surface area contributed by atoms with Gasteiger partial charge in [0, 0.05) is 7.11 Å². The highest BCUT2D eigenvalue weighted by molar-refractivity contribution is 7.52. The number of rotatable bonds is 3. The molecular formula is C4H8F3O3P. The van der Waals surface area contributed by atoms with Crippen molar-refractivity contribution in [2.24, 2.45) is 0 Å². The van der Waals surface area contributed by atoms with Crippen LogP contribution >= 0.6 is 7.60 Å². The zero-order valence-corrected chi connectivity index (χ0v) is 6.65. The molecule has 0 heterocycles. The van der Waals surface area contributed by atoms with E-state index in [2.05, 4.69) is 4.52 Å². The largest absolute Gasteiger partial charge is 0.389 e. The van der Waals surface area contributed by atoms with E-state index < -0.39 is 26.4 Å². The van der Waals surface area contributed by atoms with Crippen molar-refractivity contribution in [2.75, 3.05) is 13.3 Å². The fourth-order valence-electron chi connectivity index (χ4n) is 0.359. The summed E-state index contributed by atoms with van der Waals surface area (Å²) in [4.78, 5) is 8.52. The maximum atomic E-state index is 11.4. The molecule has 0 saturated carbocycles. The highest BCUT2D eigenvalue weighted by atomic mass is 31.2. The van der Waals surface area contributed by atoms with Crippen LogP contribution in [0, 0.1) is 0 Å². The summed E-state index contributed by atoms with van der Waals surface area (Å²) in [5.41, 5.74) is 0. The quantitative estimate of drug-likeness (QED) is 0.693. The Kier molecular flexibility index (Phi) is 3.54. The minimum atomic E-state index is -4.41. The molecule has 0 aromatic carbocycles. The SMILES string of the molecule is COP(=O)(O)CCC(F)(F)F. The van der Waals surface area contributed by atoms with Gasteiger partial charge in [0.1, 0.15) is 0 Å². The van der Waals surface area contributed by atoms with Crippen molar-refractivity contribution in [3.63, 3.8) is 0 Å². The number of alkyl halides is 3. The fourth-order valence-corrected chi connectivity index (χ4v) is 1.08. The van der Waals surface area contributed by atoms with Crippen molar-refractivity contribution < 1.29 is 27.2 Å². The van der Waals surface area contributed by atoms with Crippen LogP contribution in [-0.2, 0) is 9.09 Å². The van der Waals surface area contributed by atoms with Gasteiger partial charge in [-0.15, -0.1) is 0 Å². The molecule has 68 valence electrons. The Labute approximate surface area is 61.7 Å². The Bertz CT molecular complexity index is 166. The molecule has 0 aliphatic heterocycles. The molecule has 0 spiro atoms. The molecule has 0 aliphatic rings. The van der Waals surface area contributed by atoms with E-state index in [4.69, 9.17) is 4.89 Å². The Morgan fingerprint density at radius 1 is 1.55 bits per heavy atom. The number of halogens is 3. The molecule has 0 amide bonds. The van der Waals surface area contributed by atoms with Crippen molar-refractivity contribution in [3.05, 3.63) is 0 Å². The molecular weight excluding hydrogens is 184 g/mol. The Morgan fingerprint density at radius 3 is 2.27 bits per heavy atom. The van der Waals surface area contributed by atoms with Gasteiger partial charge in [-0.25, -0.2) is 0 Å². The second-order valence-electron chi connectivity index (χ2n) is 1.91. The maximum Gasteiger partial charge on any atom is 0.389 e. The van der Waals surface area contributed by atoms with E-state index in [0.29, 0.717) is 0 Å². The Balaban J connectivity index is 3.80. The summed E-state index contributed by atoms with van der Waals surface area (Å²) in [6.07, 6.45) is -6.58. The average molecular weight is 192 g/mol. The standard InChI is InChI=1S/C4H8F3O3P/c1-10-11(8,9)3-2-4(5,6)7/h2-3H2,1H3,(H,8,9). The van der Waals surface area contributed by atoms with Crippen LogP contribution in [0.15, 0.2) is 0 Å². The van der Waals surface area contributed by atoms with Crippen molar-refractivity contribution in [1.29, 1.82) is 0 Å². The van der Waals surface area contributed by atoms with Crippen LogP contribution in [0.25, 0.3) is 0 Å². The van der Waals surface area contributed by atoms with E-state index in [9.17, 15) is 17.7 Å². The molecule has 0 aromatic rings. The van der Waals surface area contributed by atoms with E-state index in [1.807, 2.05) is 0 Å². The third kappa shape index (κ3) is 6.34. The Hall–Kier alpha value is -0.0600. The molecule has 0 fully saturated rings. The molecule has 11 heavy (non-hydrogen) atoms. The summed E-state index contributed by atoms with van der Waals surface area (Å²) in [5, 5.41) is 0. The second-order valence-corrected chi connectivity index (χ2v) is 4.00. The summed E-state index contributed by atoms with van der Waals surface area (Å²) in [7, 11) is -3.09. The summed E-state index contributed by atoms with van der Waals surface area (Å²) in [6, 6.07) is 0.